The fraction of sp³-hybridized carbons (Fsp3) is 0.929. The zero-order valence-electron chi connectivity index (χ0n) is 11.6. The molecular formula is C14H28N2O. The van der Waals surface area contributed by atoms with Crippen LogP contribution in [0.4, 0.5) is 0 Å². The molecular weight excluding hydrogens is 212 g/mol. The monoisotopic (exact) mass is 240 g/mol. The van der Waals surface area contributed by atoms with E-state index >= 15 is 0 Å². The van der Waals surface area contributed by atoms with Crippen molar-refractivity contribution in [1.82, 2.24) is 10.6 Å². The second-order valence-electron chi connectivity index (χ2n) is 5.65. The normalized spacial score (nSPS) is 20.0. The van der Waals surface area contributed by atoms with E-state index in [1.807, 2.05) is 20.8 Å². The molecule has 2 N–H and O–H groups in total. The van der Waals surface area contributed by atoms with Crippen LogP contribution in [0, 0.1) is 5.92 Å². The molecule has 0 saturated heterocycles. The minimum absolute atomic E-state index is 0.0688. The maximum absolute atomic E-state index is 11.7. The van der Waals surface area contributed by atoms with E-state index in [9.17, 15) is 4.79 Å². The van der Waals surface area contributed by atoms with E-state index in [-0.39, 0.29) is 18.0 Å². The molecule has 0 aromatic rings. The predicted octanol–water partition coefficient (Wildman–Crippen LogP) is 2.46. The van der Waals surface area contributed by atoms with Crippen LogP contribution in [-0.4, -0.2) is 24.5 Å². The van der Waals surface area contributed by atoms with Crippen molar-refractivity contribution >= 4 is 5.91 Å². The molecule has 0 bridgehead atoms. The van der Waals surface area contributed by atoms with Gasteiger partial charge >= 0.3 is 0 Å². The van der Waals surface area contributed by atoms with Gasteiger partial charge in [-0.25, -0.2) is 0 Å². The standard InChI is InChI=1S/C14H28N2O/c1-11(2)16-14(17)12(3)15-10-13-8-6-4-5-7-9-13/h11-13,15H,4-10H2,1-3H3,(H,16,17). The molecule has 3 nitrogen and oxygen atoms in total. The Kier molecular flexibility index (Phi) is 6.56. The molecule has 17 heavy (non-hydrogen) atoms. The van der Waals surface area contributed by atoms with Crippen molar-refractivity contribution in [3.63, 3.8) is 0 Å². The average molecular weight is 240 g/mol. The van der Waals surface area contributed by atoms with Crippen molar-refractivity contribution in [3.8, 4) is 0 Å². The molecule has 100 valence electrons. The second-order valence-corrected chi connectivity index (χ2v) is 5.65. The first-order chi connectivity index (χ1) is 8.09. The van der Waals surface area contributed by atoms with Crippen molar-refractivity contribution < 1.29 is 4.79 Å². The summed E-state index contributed by atoms with van der Waals surface area (Å²) in [7, 11) is 0. The number of hydrogen-bond acceptors (Lipinski definition) is 2. The van der Waals surface area contributed by atoms with E-state index < -0.39 is 0 Å². The summed E-state index contributed by atoms with van der Waals surface area (Å²) in [6, 6.07) is 0.158. The molecule has 1 unspecified atom stereocenters. The summed E-state index contributed by atoms with van der Waals surface area (Å²) in [6.07, 6.45) is 8.15. The minimum atomic E-state index is -0.0688. The van der Waals surface area contributed by atoms with Gasteiger partial charge in [-0.3, -0.25) is 4.79 Å². The summed E-state index contributed by atoms with van der Waals surface area (Å²) in [5.41, 5.74) is 0. The lowest BCUT2D eigenvalue weighted by atomic mass is 10.0. The number of carbonyl (C=O) groups excluding carboxylic acids is 1. The topological polar surface area (TPSA) is 41.1 Å². The molecule has 0 spiro atoms. The Bertz CT molecular complexity index is 220. The smallest absolute Gasteiger partial charge is 0.237 e. The van der Waals surface area contributed by atoms with Gasteiger partial charge in [-0.15, -0.1) is 0 Å². The first-order valence-electron chi connectivity index (χ1n) is 7.13. The Labute approximate surface area is 106 Å². The third-order valence-corrected chi connectivity index (χ3v) is 3.51. The van der Waals surface area contributed by atoms with E-state index in [0.29, 0.717) is 0 Å². The van der Waals surface area contributed by atoms with Gasteiger partial charge in [0.25, 0.3) is 0 Å². The lowest BCUT2D eigenvalue weighted by Gasteiger charge is -2.20. The van der Waals surface area contributed by atoms with Gasteiger partial charge in [-0.05, 0) is 46.1 Å². The zero-order valence-corrected chi connectivity index (χ0v) is 11.6. The highest BCUT2D eigenvalue weighted by molar-refractivity contribution is 5.81. The second kappa shape index (κ2) is 7.70. The summed E-state index contributed by atoms with van der Waals surface area (Å²) in [5, 5.41) is 6.31. The van der Waals surface area contributed by atoms with Crippen LogP contribution in [0.1, 0.15) is 59.3 Å². The van der Waals surface area contributed by atoms with Crippen LogP contribution < -0.4 is 10.6 Å². The highest BCUT2D eigenvalue weighted by atomic mass is 16.2. The maximum Gasteiger partial charge on any atom is 0.237 e. The fourth-order valence-electron chi connectivity index (χ4n) is 2.41. The first kappa shape index (κ1) is 14.5. The highest BCUT2D eigenvalue weighted by Gasteiger charge is 2.16. The Morgan fingerprint density at radius 3 is 2.24 bits per heavy atom. The predicted molar refractivity (Wildman–Crippen MR) is 71.9 cm³/mol. The number of rotatable bonds is 5. The highest BCUT2D eigenvalue weighted by Crippen LogP contribution is 2.22. The first-order valence-corrected chi connectivity index (χ1v) is 7.13. The molecule has 1 atom stereocenters. The van der Waals surface area contributed by atoms with Gasteiger partial charge in [0.15, 0.2) is 0 Å². The van der Waals surface area contributed by atoms with Crippen LogP contribution >= 0.6 is 0 Å². The van der Waals surface area contributed by atoms with Crippen LogP contribution in [0.5, 0.6) is 0 Å². The van der Waals surface area contributed by atoms with Crippen molar-refractivity contribution in [2.45, 2.75) is 71.4 Å². The van der Waals surface area contributed by atoms with Crippen molar-refractivity contribution in [2.24, 2.45) is 5.92 Å². The van der Waals surface area contributed by atoms with Gasteiger partial charge in [0.05, 0.1) is 6.04 Å². The maximum atomic E-state index is 11.7. The Morgan fingerprint density at radius 2 is 1.71 bits per heavy atom. The zero-order chi connectivity index (χ0) is 12.7. The molecule has 1 fully saturated rings. The van der Waals surface area contributed by atoms with Crippen LogP contribution in [0.15, 0.2) is 0 Å². The van der Waals surface area contributed by atoms with E-state index in [2.05, 4.69) is 10.6 Å². The number of carbonyl (C=O) groups is 1. The summed E-state index contributed by atoms with van der Waals surface area (Å²) in [5.74, 6) is 0.889. The van der Waals surface area contributed by atoms with E-state index in [4.69, 9.17) is 0 Å². The van der Waals surface area contributed by atoms with Crippen molar-refractivity contribution in [1.29, 1.82) is 0 Å². The Balaban J connectivity index is 2.21. The number of nitrogens with one attached hydrogen (secondary N) is 2. The SMILES string of the molecule is CC(C)NC(=O)C(C)NCC1CCCCCC1. The Morgan fingerprint density at radius 1 is 1.12 bits per heavy atom. The van der Waals surface area contributed by atoms with E-state index in [1.54, 1.807) is 0 Å². The van der Waals surface area contributed by atoms with Gasteiger partial charge < -0.3 is 10.6 Å². The summed E-state index contributed by atoms with van der Waals surface area (Å²) < 4.78 is 0. The van der Waals surface area contributed by atoms with Gasteiger partial charge in [0.2, 0.25) is 5.91 Å². The molecule has 3 heteroatoms. The molecule has 0 aliphatic heterocycles. The van der Waals surface area contributed by atoms with Gasteiger partial charge in [-0.2, -0.15) is 0 Å². The van der Waals surface area contributed by atoms with Gasteiger partial charge in [0, 0.05) is 6.04 Å². The molecule has 1 aliphatic rings. The molecule has 1 saturated carbocycles. The van der Waals surface area contributed by atoms with Gasteiger partial charge in [-0.1, -0.05) is 25.7 Å². The molecule has 0 aromatic carbocycles. The molecule has 1 amide bonds. The lowest BCUT2D eigenvalue weighted by Crippen LogP contribution is -2.45. The molecule has 1 aliphatic carbocycles. The number of amides is 1. The summed E-state index contributed by atoms with van der Waals surface area (Å²) >= 11 is 0. The summed E-state index contributed by atoms with van der Waals surface area (Å²) in [6.45, 7) is 6.94. The molecule has 0 radical (unpaired) electrons. The molecule has 0 heterocycles. The largest absolute Gasteiger partial charge is 0.353 e. The van der Waals surface area contributed by atoms with Crippen LogP contribution in [0.25, 0.3) is 0 Å². The van der Waals surface area contributed by atoms with Crippen LogP contribution in [0.2, 0.25) is 0 Å². The summed E-state index contributed by atoms with van der Waals surface area (Å²) in [4.78, 5) is 11.7. The lowest BCUT2D eigenvalue weighted by molar-refractivity contribution is -0.123. The third-order valence-electron chi connectivity index (χ3n) is 3.51. The Hall–Kier alpha value is -0.570. The van der Waals surface area contributed by atoms with Crippen LogP contribution in [0.3, 0.4) is 0 Å². The van der Waals surface area contributed by atoms with Crippen LogP contribution in [-0.2, 0) is 4.79 Å². The molecule has 0 aromatic heterocycles. The fourth-order valence-corrected chi connectivity index (χ4v) is 2.41. The average Bonchev–Trinajstić information content (AvgIpc) is 2.53. The van der Waals surface area contributed by atoms with Crippen molar-refractivity contribution in [3.05, 3.63) is 0 Å². The minimum Gasteiger partial charge on any atom is -0.353 e. The quantitative estimate of drug-likeness (QED) is 0.725. The van der Waals surface area contributed by atoms with E-state index in [1.165, 1.54) is 38.5 Å². The van der Waals surface area contributed by atoms with Gasteiger partial charge in [0.1, 0.15) is 0 Å². The number of hydrogen-bond donors (Lipinski definition) is 2. The van der Waals surface area contributed by atoms with Crippen molar-refractivity contribution in [2.75, 3.05) is 6.54 Å². The van der Waals surface area contributed by atoms with E-state index in [0.717, 1.165) is 12.5 Å². The molecule has 1 rings (SSSR count). The third kappa shape index (κ3) is 6.06.